The number of rotatable bonds is 2. The molecule has 0 aromatic carbocycles. The Morgan fingerprint density at radius 1 is 0.938 bits per heavy atom. The average Bonchev–Trinajstić information content (AvgIpc) is 2.69. The van der Waals surface area contributed by atoms with Crippen LogP contribution in [0.3, 0.4) is 0 Å². The summed E-state index contributed by atoms with van der Waals surface area (Å²) in [6.45, 7) is 0.840. The van der Waals surface area contributed by atoms with Gasteiger partial charge in [0.15, 0.2) is 0 Å². The van der Waals surface area contributed by atoms with Crippen LogP contribution < -0.4 is 5.73 Å². The van der Waals surface area contributed by atoms with Gasteiger partial charge in [0.05, 0.1) is 12.2 Å². The van der Waals surface area contributed by atoms with E-state index in [2.05, 4.69) is 0 Å². The standard InChI is InChI=1S/C14H25NO/c15-9-8-10-4-3-6-12-11-5-1-2-7-13(11)16-14(10)12/h10-14H,1-9,15H2. The van der Waals surface area contributed by atoms with E-state index in [9.17, 15) is 0 Å². The van der Waals surface area contributed by atoms with Crippen LogP contribution in [0, 0.1) is 17.8 Å². The monoisotopic (exact) mass is 223 g/mol. The van der Waals surface area contributed by atoms with Gasteiger partial charge in [0.2, 0.25) is 0 Å². The predicted molar refractivity (Wildman–Crippen MR) is 65.1 cm³/mol. The van der Waals surface area contributed by atoms with Gasteiger partial charge in [0.1, 0.15) is 0 Å². The van der Waals surface area contributed by atoms with E-state index in [1.165, 1.54) is 51.4 Å². The fraction of sp³-hybridized carbons (Fsp3) is 1.00. The first-order valence-corrected chi connectivity index (χ1v) is 7.25. The molecule has 92 valence electrons. The van der Waals surface area contributed by atoms with Crippen LogP contribution in [0.5, 0.6) is 0 Å². The number of hydrogen-bond acceptors (Lipinski definition) is 2. The molecule has 3 rings (SSSR count). The van der Waals surface area contributed by atoms with Gasteiger partial charge in [0, 0.05) is 0 Å². The summed E-state index contributed by atoms with van der Waals surface area (Å²) in [6.07, 6.45) is 12.2. The maximum atomic E-state index is 6.38. The summed E-state index contributed by atoms with van der Waals surface area (Å²) in [4.78, 5) is 0. The normalized spacial score (nSPS) is 47.4. The molecule has 0 amide bonds. The molecular formula is C14H25NO. The lowest BCUT2D eigenvalue weighted by Gasteiger charge is -2.34. The first kappa shape index (κ1) is 11.0. The molecule has 3 aliphatic rings. The summed E-state index contributed by atoms with van der Waals surface area (Å²) in [7, 11) is 0. The SMILES string of the molecule is NCCC1CCCC2C3CCCCC3OC12. The third-order valence-corrected chi connectivity index (χ3v) is 5.17. The Morgan fingerprint density at radius 3 is 2.62 bits per heavy atom. The lowest BCUT2D eigenvalue weighted by Crippen LogP contribution is -2.34. The van der Waals surface area contributed by atoms with E-state index < -0.39 is 0 Å². The van der Waals surface area contributed by atoms with Crippen LogP contribution in [-0.4, -0.2) is 18.8 Å². The van der Waals surface area contributed by atoms with E-state index in [1.54, 1.807) is 0 Å². The smallest absolute Gasteiger partial charge is 0.0639 e. The maximum Gasteiger partial charge on any atom is 0.0639 e. The summed E-state index contributed by atoms with van der Waals surface area (Å²) in [5, 5.41) is 0. The number of ether oxygens (including phenoxy) is 1. The molecule has 2 heteroatoms. The number of fused-ring (bicyclic) bond motifs is 3. The van der Waals surface area contributed by atoms with Gasteiger partial charge >= 0.3 is 0 Å². The topological polar surface area (TPSA) is 35.2 Å². The molecule has 2 nitrogen and oxygen atoms in total. The molecule has 1 heterocycles. The molecule has 5 unspecified atom stereocenters. The van der Waals surface area contributed by atoms with Crippen molar-refractivity contribution in [1.82, 2.24) is 0 Å². The van der Waals surface area contributed by atoms with Crippen LogP contribution in [-0.2, 0) is 4.74 Å². The second-order valence-electron chi connectivity index (χ2n) is 6.02. The van der Waals surface area contributed by atoms with Gasteiger partial charge in [-0.05, 0) is 56.4 Å². The van der Waals surface area contributed by atoms with E-state index in [4.69, 9.17) is 10.5 Å². The second kappa shape index (κ2) is 4.66. The van der Waals surface area contributed by atoms with Gasteiger partial charge in [-0.15, -0.1) is 0 Å². The van der Waals surface area contributed by atoms with E-state index in [0.717, 1.165) is 24.3 Å². The molecule has 3 fully saturated rings. The highest BCUT2D eigenvalue weighted by molar-refractivity contribution is 4.97. The van der Waals surface area contributed by atoms with Gasteiger partial charge < -0.3 is 10.5 Å². The van der Waals surface area contributed by atoms with Crippen molar-refractivity contribution in [1.29, 1.82) is 0 Å². The molecule has 0 bridgehead atoms. The molecule has 0 aromatic rings. The quantitative estimate of drug-likeness (QED) is 0.781. The van der Waals surface area contributed by atoms with Crippen molar-refractivity contribution >= 4 is 0 Å². The maximum absolute atomic E-state index is 6.38. The van der Waals surface area contributed by atoms with Crippen LogP contribution in [0.2, 0.25) is 0 Å². The largest absolute Gasteiger partial charge is 0.374 e. The Labute approximate surface area is 98.9 Å². The van der Waals surface area contributed by atoms with Gasteiger partial charge in [-0.1, -0.05) is 19.3 Å². The molecule has 2 aliphatic carbocycles. The van der Waals surface area contributed by atoms with Crippen molar-refractivity contribution in [2.45, 2.75) is 63.6 Å². The highest BCUT2D eigenvalue weighted by atomic mass is 16.5. The molecule has 16 heavy (non-hydrogen) atoms. The third-order valence-electron chi connectivity index (χ3n) is 5.17. The zero-order valence-electron chi connectivity index (χ0n) is 10.2. The summed E-state index contributed by atoms with van der Waals surface area (Å²) < 4.78 is 6.38. The van der Waals surface area contributed by atoms with Crippen molar-refractivity contribution in [3.8, 4) is 0 Å². The molecule has 1 aliphatic heterocycles. The summed E-state index contributed by atoms with van der Waals surface area (Å²) >= 11 is 0. The van der Waals surface area contributed by atoms with Gasteiger partial charge in [0.25, 0.3) is 0 Å². The van der Waals surface area contributed by atoms with E-state index in [-0.39, 0.29) is 0 Å². The van der Waals surface area contributed by atoms with Crippen LogP contribution in [0.4, 0.5) is 0 Å². The van der Waals surface area contributed by atoms with Crippen LogP contribution >= 0.6 is 0 Å². The van der Waals surface area contributed by atoms with Gasteiger partial charge in [-0.3, -0.25) is 0 Å². The minimum atomic E-state index is 0.574. The summed E-state index contributed by atoms with van der Waals surface area (Å²) in [6, 6.07) is 0. The molecule has 5 atom stereocenters. The molecule has 1 saturated heterocycles. The Balaban J connectivity index is 1.72. The highest BCUT2D eigenvalue weighted by Crippen LogP contribution is 2.49. The fourth-order valence-electron chi connectivity index (χ4n) is 4.47. The molecule has 2 N–H and O–H groups in total. The lowest BCUT2D eigenvalue weighted by atomic mass is 9.70. The minimum Gasteiger partial charge on any atom is -0.374 e. The van der Waals surface area contributed by atoms with E-state index in [1.807, 2.05) is 0 Å². The molecule has 0 radical (unpaired) electrons. The Bertz CT molecular complexity index is 241. The van der Waals surface area contributed by atoms with E-state index in [0.29, 0.717) is 12.2 Å². The van der Waals surface area contributed by atoms with Crippen molar-refractivity contribution in [3.05, 3.63) is 0 Å². The number of nitrogens with two attached hydrogens (primary N) is 1. The van der Waals surface area contributed by atoms with Crippen LogP contribution in [0.1, 0.15) is 51.4 Å². The predicted octanol–water partition coefficient (Wildman–Crippen LogP) is 2.71. The van der Waals surface area contributed by atoms with Crippen molar-refractivity contribution in [2.75, 3.05) is 6.54 Å². The fourth-order valence-corrected chi connectivity index (χ4v) is 4.47. The van der Waals surface area contributed by atoms with Crippen LogP contribution in [0.25, 0.3) is 0 Å². The molecule has 2 saturated carbocycles. The second-order valence-corrected chi connectivity index (χ2v) is 6.02. The minimum absolute atomic E-state index is 0.574. The molecular weight excluding hydrogens is 198 g/mol. The van der Waals surface area contributed by atoms with Gasteiger partial charge in [-0.2, -0.15) is 0 Å². The third kappa shape index (κ3) is 1.80. The Morgan fingerprint density at radius 2 is 1.75 bits per heavy atom. The summed E-state index contributed by atoms with van der Waals surface area (Å²) in [5.41, 5.74) is 5.73. The van der Waals surface area contributed by atoms with Crippen molar-refractivity contribution < 1.29 is 4.74 Å². The highest BCUT2D eigenvalue weighted by Gasteiger charge is 2.48. The molecule has 0 spiro atoms. The zero-order chi connectivity index (χ0) is 11.0. The lowest BCUT2D eigenvalue weighted by molar-refractivity contribution is -0.0262. The summed E-state index contributed by atoms with van der Waals surface area (Å²) in [5.74, 6) is 2.56. The molecule has 0 aromatic heterocycles. The average molecular weight is 223 g/mol. The Hall–Kier alpha value is -0.0800. The van der Waals surface area contributed by atoms with Crippen molar-refractivity contribution in [3.63, 3.8) is 0 Å². The van der Waals surface area contributed by atoms with Crippen molar-refractivity contribution in [2.24, 2.45) is 23.5 Å². The van der Waals surface area contributed by atoms with Gasteiger partial charge in [-0.25, -0.2) is 0 Å². The Kier molecular flexibility index (Phi) is 3.21. The van der Waals surface area contributed by atoms with E-state index >= 15 is 0 Å². The zero-order valence-corrected chi connectivity index (χ0v) is 10.2. The first-order valence-electron chi connectivity index (χ1n) is 7.25. The first-order chi connectivity index (χ1) is 7.90. The number of hydrogen-bond donors (Lipinski definition) is 1. The van der Waals surface area contributed by atoms with Crippen LogP contribution in [0.15, 0.2) is 0 Å².